The van der Waals surface area contributed by atoms with Gasteiger partial charge in [-0.15, -0.1) is 10.1 Å². The highest BCUT2D eigenvalue weighted by atomic mass is 16.9. The van der Waals surface area contributed by atoms with Crippen molar-refractivity contribution in [1.82, 2.24) is 0 Å². The Labute approximate surface area is 260 Å². The van der Waals surface area contributed by atoms with E-state index in [1.54, 1.807) is 31.2 Å². The summed E-state index contributed by atoms with van der Waals surface area (Å²) in [6.07, 6.45) is 6.12. The Kier molecular flexibility index (Phi) is 10.3. The number of rotatable bonds is 8. The lowest BCUT2D eigenvalue weighted by Gasteiger charge is -2.58. The van der Waals surface area contributed by atoms with Gasteiger partial charge in [0.15, 0.2) is 18.2 Å². The number of nitrogens with zero attached hydrogens (tertiary/aromatic N) is 1. The number of hydrogen-bond donors (Lipinski definition) is 2. The van der Waals surface area contributed by atoms with Gasteiger partial charge in [-0.1, -0.05) is 37.6 Å². The van der Waals surface area contributed by atoms with Gasteiger partial charge in [0, 0.05) is 17.3 Å². The molecule has 4 aliphatic carbocycles. The van der Waals surface area contributed by atoms with Crippen molar-refractivity contribution < 1.29 is 53.5 Å². The van der Waals surface area contributed by atoms with E-state index >= 15 is 0 Å². The second-order valence-electron chi connectivity index (χ2n) is 12.4. The third-order valence-electron chi connectivity index (χ3n) is 9.92. The molecule has 1 aromatic rings. The number of benzene rings is 1. The maximum Gasteiger partial charge on any atom is 0.514 e. The van der Waals surface area contributed by atoms with Crippen LogP contribution in [0, 0.1) is 44.6 Å². The van der Waals surface area contributed by atoms with E-state index in [1.165, 1.54) is 12.1 Å². The molecule has 0 saturated heterocycles. The van der Waals surface area contributed by atoms with E-state index in [2.05, 4.69) is 23.4 Å². The first kappa shape index (κ1) is 33.6. The summed E-state index contributed by atoms with van der Waals surface area (Å²) in [4.78, 5) is 61.7. The molecule has 0 amide bonds. The third-order valence-corrected chi connectivity index (χ3v) is 9.92. The predicted molar refractivity (Wildman–Crippen MR) is 156 cm³/mol. The monoisotopic (exact) mass is 629 g/mol. The topological polar surface area (TPSA) is 189 Å². The Morgan fingerprint density at radius 3 is 2.56 bits per heavy atom. The molecule has 0 aromatic heterocycles. The van der Waals surface area contributed by atoms with Gasteiger partial charge in [-0.3, -0.25) is 9.59 Å². The summed E-state index contributed by atoms with van der Waals surface area (Å²) in [5, 5.41) is 28.6. The zero-order valence-electron chi connectivity index (χ0n) is 25.5. The number of hydrogen-bond acceptors (Lipinski definition) is 11. The first-order valence-corrected chi connectivity index (χ1v) is 15.0. The average Bonchev–Trinajstić information content (AvgIpc) is 3.32. The van der Waals surface area contributed by atoms with Crippen molar-refractivity contribution >= 4 is 23.9 Å². The quantitative estimate of drug-likeness (QED) is 0.168. The number of carbonyl (C=O) groups excluding carboxylic acids is 3. The van der Waals surface area contributed by atoms with Crippen LogP contribution < -0.4 is 4.74 Å². The molecule has 13 heteroatoms. The average molecular weight is 630 g/mol. The maximum absolute atomic E-state index is 13.3. The van der Waals surface area contributed by atoms with Gasteiger partial charge in [-0.25, -0.2) is 9.59 Å². The van der Waals surface area contributed by atoms with E-state index in [-0.39, 0.29) is 59.6 Å². The van der Waals surface area contributed by atoms with Crippen LogP contribution in [0.25, 0.3) is 0 Å². The van der Waals surface area contributed by atoms with Crippen LogP contribution in [-0.2, 0) is 30.5 Å². The molecule has 45 heavy (non-hydrogen) atoms. The zero-order valence-corrected chi connectivity index (χ0v) is 25.5. The molecular formula is C32H39NO12. The minimum absolute atomic E-state index is 0.00215. The summed E-state index contributed by atoms with van der Waals surface area (Å²) in [7, 11) is 0. The van der Waals surface area contributed by atoms with Crippen LogP contribution in [0.3, 0.4) is 0 Å². The molecule has 4 aliphatic rings. The minimum atomic E-state index is -1.21. The summed E-state index contributed by atoms with van der Waals surface area (Å²) < 4.78 is 14.3. The molecule has 1 aromatic carbocycles. The summed E-state index contributed by atoms with van der Waals surface area (Å²) >= 11 is 0. The molecule has 2 N–H and O–H groups in total. The van der Waals surface area contributed by atoms with E-state index in [9.17, 15) is 34.4 Å². The number of allylic oxidation sites excluding steroid dienone is 4. The number of ether oxygens (including phenoxy) is 3. The second-order valence-corrected chi connectivity index (χ2v) is 12.4. The van der Waals surface area contributed by atoms with E-state index < -0.39 is 35.5 Å². The molecule has 13 nitrogen and oxygen atoms in total. The molecule has 0 aliphatic heterocycles. The Morgan fingerprint density at radius 2 is 1.89 bits per heavy atom. The number of aliphatic hydroxyl groups is 1. The van der Waals surface area contributed by atoms with Crippen LogP contribution in [0.2, 0.25) is 0 Å². The summed E-state index contributed by atoms with van der Waals surface area (Å²) in [6.45, 7) is 5.32. The van der Waals surface area contributed by atoms with Crippen LogP contribution in [0.4, 0.5) is 9.59 Å². The van der Waals surface area contributed by atoms with Gasteiger partial charge in [0.05, 0.1) is 12.7 Å². The lowest BCUT2D eigenvalue weighted by Crippen LogP contribution is -2.56. The van der Waals surface area contributed by atoms with Crippen LogP contribution in [0.15, 0.2) is 48.1 Å². The lowest BCUT2D eigenvalue weighted by molar-refractivity contribution is -0.763. The lowest BCUT2D eigenvalue weighted by atomic mass is 9.46. The molecule has 0 spiro atoms. The van der Waals surface area contributed by atoms with Gasteiger partial charge in [0.1, 0.15) is 12.4 Å². The summed E-state index contributed by atoms with van der Waals surface area (Å²) in [5.41, 5.74) is 0.746. The Balaban J connectivity index is 0.000000700. The number of ketones is 2. The second kappa shape index (κ2) is 13.8. The molecule has 0 heterocycles. The van der Waals surface area contributed by atoms with Crippen molar-refractivity contribution in [2.75, 3.05) is 13.2 Å². The Hall–Kier alpha value is -4.26. The van der Waals surface area contributed by atoms with Gasteiger partial charge in [-0.05, 0) is 86.1 Å². The highest BCUT2D eigenvalue weighted by Crippen LogP contribution is 2.66. The van der Waals surface area contributed by atoms with Gasteiger partial charge in [0.2, 0.25) is 0 Å². The van der Waals surface area contributed by atoms with Gasteiger partial charge >= 0.3 is 12.3 Å². The third kappa shape index (κ3) is 7.35. The van der Waals surface area contributed by atoms with Gasteiger partial charge in [0.25, 0.3) is 5.09 Å². The van der Waals surface area contributed by atoms with Gasteiger partial charge in [-0.2, -0.15) is 0 Å². The number of fused-ring (bicyclic) bond motifs is 5. The van der Waals surface area contributed by atoms with Crippen molar-refractivity contribution in [2.24, 2.45) is 34.5 Å². The largest absolute Gasteiger partial charge is 0.514 e. The molecule has 0 radical (unpaired) electrons. The fourth-order valence-corrected chi connectivity index (χ4v) is 8.16. The highest BCUT2D eigenvalue weighted by molar-refractivity contribution is 6.01. The predicted octanol–water partition coefficient (Wildman–Crippen LogP) is 5.08. The number of carbonyl (C=O) groups is 4. The number of carboxylic acid groups (broad SMARTS) is 1. The Bertz CT molecular complexity index is 1390. The van der Waals surface area contributed by atoms with Crippen molar-refractivity contribution in [1.29, 1.82) is 0 Å². The van der Waals surface area contributed by atoms with Crippen LogP contribution in [0.1, 0.15) is 58.4 Å². The first-order chi connectivity index (χ1) is 21.3. The van der Waals surface area contributed by atoms with Crippen LogP contribution in [0.5, 0.6) is 5.75 Å². The SMILES string of the molecule is CC12C=CC(=O)C=C1CCC1C2C(O)CC2(C)C(C(=O)COC(=O)Oc3cccc(CO[N+](=O)[O-])c3)CCC12.CCOC(=O)O. The highest BCUT2D eigenvalue weighted by Gasteiger charge is 2.62. The van der Waals surface area contributed by atoms with Crippen molar-refractivity contribution in [3.8, 4) is 5.75 Å². The standard InChI is InChI=1S/C29H33NO9.C3H6O3/c1-28-11-10-19(31)13-18(28)6-7-21-22-8-9-23(29(22,2)14-24(32)26(21)28)25(33)16-37-27(34)39-20-5-3-4-17(12-20)15-38-30(35)36;1-2-6-3(4)5/h3-5,10-13,21-24,26,32H,6-9,14-16H2,1-2H3;2H2,1H3,(H,4,5). The zero-order chi connectivity index (χ0) is 32.9. The normalized spacial score (nSPS) is 31.1. The maximum atomic E-state index is 13.3. The number of Topliss-reactive ketones (excluding diaryl/α,β-unsaturated/α-hetero) is 1. The molecule has 3 saturated carbocycles. The minimum Gasteiger partial charge on any atom is -0.450 e. The molecule has 0 bridgehead atoms. The van der Waals surface area contributed by atoms with Crippen molar-refractivity contribution in [3.63, 3.8) is 0 Å². The summed E-state index contributed by atoms with van der Waals surface area (Å²) in [6, 6.07) is 6.04. The van der Waals surface area contributed by atoms with Crippen molar-refractivity contribution in [3.05, 3.63) is 63.7 Å². The fourth-order valence-electron chi connectivity index (χ4n) is 8.16. The number of aliphatic hydroxyl groups excluding tert-OH is 1. The van der Waals surface area contributed by atoms with Crippen LogP contribution >= 0.6 is 0 Å². The Morgan fingerprint density at radius 1 is 1.13 bits per heavy atom. The molecule has 5 rings (SSSR count). The fraction of sp³-hybridized carbons (Fsp3) is 0.562. The smallest absolute Gasteiger partial charge is 0.450 e. The van der Waals surface area contributed by atoms with E-state index in [1.807, 2.05) is 6.08 Å². The van der Waals surface area contributed by atoms with Crippen molar-refractivity contribution in [2.45, 2.75) is 65.6 Å². The molecule has 7 atom stereocenters. The molecule has 3 fully saturated rings. The van der Waals surface area contributed by atoms with E-state index in [0.717, 1.165) is 24.8 Å². The van der Waals surface area contributed by atoms with E-state index in [0.29, 0.717) is 18.4 Å². The molecule has 244 valence electrons. The molecular weight excluding hydrogens is 590 g/mol. The van der Waals surface area contributed by atoms with Crippen LogP contribution in [-0.4, -0.2) is 58.5 Å². The summed E-state index contributed by atoms with van der Waals surface area (Å²) in [5.74, 6) is 0.0469. The van der Waals surface area contributed by atoms with E-state index in [4.69, 9.17) is 14.6 Å². The van der Waals surface area contributed by atoms with Gasteiger partial charge < -0.3 is 29.3 Å². The first-order valence-electron chi connectivity index (χ1n) is 15.0. The molecule has 7 unspecified atom stereocenters.